The SMILES string of the molecule is COc1ccc(-c2noc(-c3ccc(N4CCCCC4C)c([N+](=O)[O-])c3)n2)cc1. The van der Waals surface area contributed by atoms with Crippen molar-refractivity contribution in [2.45, 2.75) is 32.2 Å². The van der Waals surface area contributed by atoms with E-state index in [0.29, 0.717) is 17.1 Å². The first kappa shape index (κ1) is 18.9. The topological polar surface area (TPSA) is 94.5 Å². The van der Waals surface area contributed by atoms with Crippen molar-refractivity contribution in [3.8, 4) is 28.6 Å². The molecule has 1 saturated heterocycles. The highest BCUT2D eigenvalue weighted by Gasteiger charge is 2.26. The van der Waals surface area contributed by atoms with E-state index in [4.69, 9.17) is 9.26 Å². The summed E-state index contributed by atoms with van der Waals surface area (Å²) in [4.78, 5) is 17.9. The van der Waals surface area contributed by atoms with Gasteiger partial charge in [0.15, 0.2) is 0 Å². The molecule has 0 amide bonds. The van der Waals surface area contributed by atoms with Crippen LogP contribution in [-0.4, -0.2) is 34.8 Å². The molecule has 0 bridgehead atoms. The van der Waals surface area contributed by atoms with Crippen LogP contribution in [0.4, 0.5) is 11.4 Å². The minimum Gasteiger partial charge on any atom is -0.497 e. The maximum Gasteiger partial charge on any atom is 0.293 e. The van der Waals surface area contributed by atoms with Crippen molar-refractivity contribution in [2.75, 3.05) is 18.6 Å². The number of benzene rings is 2. The molecule has 150 valence electrons. The number of aromatic nitrogens is 2. The molecule has 3 aromatic rings. The molecule has 1 aliphatic heterocycles. The lowest BCUT2D eigenvalue weighted by atomic mass is 10.0. The van der Waals surface area contributed by atoms with Gasteiger partial charge in [-0.2, -0.15) is 4.98 Å². The molecule has 1 unspecified atom stereocenters. The van der Waals surface area contributed by atoms with Crippen LogP contribution in [0.5, 0.6) is 5.75 Å². The van der Waals surface area contributed by atoms with Crippen molar-refractivity contribution < 1.29 is 14.2 Å². The molecule has 8 nitrogen and oxygen atoms in total. The van der Waals surface area contributed by atoms with Gasteiger partial charge in [-0.25, -0.2) is 0 Å². The number of hydrogen-bond donors (Lipinski definition) is 0. The van der Waals surface area contributed by atoms with Gasteiger partial charge in [0.05, 0.1) is 12.0 Å². The fourth-order valence-corrected chi connectivity index (χ4v) is 3.70. The third kappa shape index (κ3) is 3.78. The van der Waals surface area contributed by atoms with Gasteiger partial charge >= 0.3 is 0 Å². The number of piperidine rings is 1. The second-order valence-corrected chi connectivity index (χ2v) is 7.15. The zero-order valence-electron chi connectivity index (χ0n) is 16.4. The largest absolute Gasteiger partial charge is 0.497 e. The average Bonchev–Trinajstić information content (AvgIpc) is 3.24. The molecule has 2 heterocycles. The Bertz CT molecular complexity index is 1020. The normalized spacial score (nSPS) is 16.6. The summed E-state index contributed by atoms with van der Waals surface area (Å²) in [6, 6.07) is 12.7. The van der Waals surface area contributed by atoms with Crippen molar-refractivity contribution in [3.63, 3.8) is 0 Å². The van der Waals surface area contributed by atoms with Gasteiger partial charge in [0.25, 0.3) is 11.6 Å². The highest BCUT2D eigenvalue weighted by Crippen LogP contribution is 2.36. The van der Waals surface area contributed by atoms with Crippen molar-refractivity contribution in [1.82, 2.24) is 10.1 Å². The highest BCUT2D eigenvalue weighted by molar-refractivity contribution is 5.72. The average molecular weight is 394 g/mol. The summed E-state index contributed by atoms with van der Waals surface area (Å²) >= 11 is 0. The zero-order valence-corrected chi connectivity index (χ0v) is 16.4. The van der Waals surface area contributed by atoms with Crippen LogP contribution in [0, 0.1) is 10.1 Å². The molecule has 1 aromatic heterocycles. The van der Waals surface area contributed by atoms with E-state index in [1.54, 1.807) is 19.2 Å². The van der Waals surface area contributed by atoms with Crippen LogP contribution < -0.4 is 9.64 Å². The predicted molar refractivity (Wildman–Crippen MR) is 109 cm³/mol. The molecule has 0 N–H and O–H groups in total. The van der Waals surface area contributed by atoms with Crippen LogP contribution in [0.1, 0.15) is 26.2 Å². The lowest BCUT2D eigenvalue weighted by Crippen LogP contribution is -2.37. The van der Waals surface area contributed by atoms with Gasteiger partial charge in [-0.15, -0.1) is 0 Å². The monoisotopic (exact) mass is 394 g/mol. The second kappa shape index (κ2) is 7.90. The Balaban J connectivity index is 1.66. The second-order valence-electron chi connectivity index (χ2n) is 7.15. The summed E-state index contributed by atoms with van der Waals surface area (Å²) in [7, 11) is 1.60. The Hall–Kier alpha value is -3.42. The number of anilines is 1. The van der Waals surface area contributed by atoms with Crippen molar-refractivity contribution in [2.24, 2.45) is 0 Å². The summed E-state index contributed by atoms with van der Waals surface area (Å²) in [5, 5.41) is 15.8. The molecule has 2 aromatic carbocycles. The Morgan fingerprint density at radius 1 is 1.17 bits per heavy atom. The van der Waals surface area contributed by atoms with Crippen molar-refractivity contribution in [1.29, 1.82) is 0 Å². The third-order valence-corrected chi connectivity index (χ3v) is 5.31. The molecule has 1 atom stereocenters. The van der Waals surface area contributed by atoms with E-state index in [0.717, 1.165) is 37.1 Å². The van der Waals surface area contributed by atoms with Crippen LogP contribution in [-0.2, 0) is 0 Å². The smallest absolute Gasteiger partial charge is 0.293 e. The van der Waals surface area contributed by atoms with Gasteiger partial charge in [0.2, 0.25) is 5.82 Å². The Kier molecular flexibility index (Phi) is 5.16. The van der Waals surface area contributed by atoms with Crippen molar-refractivity contribution >= 4 is 11.4 Å². The van der Waals surface area contributed by atoms with Crippen LogP contribution in [0.3, 0.4) is 0 Å². The molecular weight excluding hydrogens is 372 g/mol. The van der Waals surface area contributed by atoms with Crippen LogP contribution >= 0.6 is 0 Å². The summed E-state index contributed by atoms with van der Waals surface area (Å²) < 4.78 is 10.5. The van der Waals surface area contributed by atoms with E-state index in [9.17, 15) is 10.1 Å². The van der Waals surface area contributed by atoms with Crippen molar-refractivity contribution in [3.05, 3.63) is 52.6 Å². The molecule has 0 aliphatic carbocycles. The Morgan fingerprint density at radius 2 is 1.93 bits per heavy atom. The van der Waals surface area contributed by atoms with Gasteiger partial charge in [-0.1, -0.05) is 5.16 Å². The molecule has 0 spiro atoms. The van der Waals surface area contributed by atoms with E-state index >= 15 is 0 Å². The number of methoxy groups -OCH3 is 1. The number of nitro groups is 1. The predicted octanol–water partition coefficient (Wildman–Crippen LogP) is 4.70. The minimum atomic E-state index is -0.346. The maximum atomic E-state index is 11.7. The number of nitro benzene ring substituents is 1. The third-order valence-electron chi connectivity index (χ3n) is 5.31. The van der Waals surface area contributed by atoms with Gasteiger partial charge in [-0.3, -0.25) is 10.1 Å². The lowest BCUT2D eigenvalue weighted by Gasteiger charge is -2.35. The van der Waals surface area contributed by atoms with Gasteiger partial charge < -0.3 is 14.2 Å². The molecule has 0 radical (unpaired) electrons. The molecule has 0 saturated carbocycles. The maximum absolute atomic E-state index is 11.7. The van der Waals surface area contributed by atoms with E-state index in [2.05, 4.69) is 22.0 Å². The van der Waals surface area contributed by atoms with Crippen LogP contribution in [0.2, 0.25) is 0 Å². The number of rotatable bonds is 5. The first-order chi connectivity index (χ1) is 14.1. The number of hydrogen-bond acceptors (Lipinski definition) is 7. The van der Waals surface area contributed by atoms with Crippen LogP contribution in [0.15, 0.2) is 47.0 Å². The Morgan fingerprint density at radius 3 is 2.62 bits per heavy atom. The van der Waals surface area contributed by atoms with Gasteiger partial charge in [0, 0.05) is 29.8 Å². The summed E-state index contributed by atoms with van der Waals surface area (Å²) in [6.45, 7) is 2.93. The van der Waals surface area contributed by atoms with E-state index in [1.807, 2.05) is 24.3 Å². The number of ether oxygens (including phenoxy) is 1. The first-order valence-corrected chi connectivity index (χ1v) is 9.60. The first-order valence-electron chi connectivity index (χ1n) is 9.60. The van der Waals surface area contributed by atoms with E-state index < -0.39 is 0 Å². The summed E-state index contributed by atoms with van der Waals surface area (Å²) in [5.74, 6) is 1.40. The fraction of sp³-hybridized carbons (Fsp3) is 0.333. The standard InChI is InChI=1S/C21H22N4O4/c1-14-5-3-4-12-24(14)18-11-8-16(13-19(18)25(26)27)21-22-20(23-29-21)15-6-9-17(28-2)10-7-15/h6-11,13-14H,3-5,12H2,1-2H3. The molecule has 29 heavy (non-hydrogen) atoms. The van der Waals surface area contributed by atoms with Crippen LogP contribution in [0.25, 0.3) is 22.8 Å². The van der Waals surface area contributed by atoms with Gasteiger partial charge in [0.1, 0.15) is 11.4 Å². The minimum absolute atomic E-state index is 0.0560. The zero-order chi connectivity index (χ0) is 20.4. The molecule has 4 rings (SSSR count). The van der Waals surface area contributed by atoms with E-state index in [1.165, 1.54) is 6.07 Å². The molecular formula is C21H22N4O4. The Labute approximate surface area is 168 Å². The quantitative estimate of drug-likeness (QED) is 0.457. The lowest BCUT2D eigenvalue weighted by molar-refractivity contribution is -0.384. The molecule has 8 heteroatoms. The van der Waals surface area contributed by atoms with Gasteiger partial charge in [-0.05, 0) is 62.6 Å². The summed E-state index contributed by atoms with van der Waals surface area (Å²) in [5.41, 5.74) is 1.99. The fourth-order valence-electron chi connectivity index (χ4n) is 3.70. The highest BCUT2D eigenvalue weighted by atomic mass is 16.6. The van der Waals surface area contributed by atoms with E-state index in [-0.39, 0.29) is 22.5 Å². The molecule has 1 fully saturated rings. The summed E-state index contributed by atoms with van der Waals surface area (Å²) in [6.07, 6.45) is 3.23. The molecule has 1 aliphatic rings. The number of nitrogens with zero attached hydrogens (tertiary/aromatic N) is 4.